The lowest BCUT2D eigenvalue weighted by Crippen LogP contribution is -2.31. The fourth-order valence-corrected chi connectivity index (χ4v) is 3.58. The summed E-state index contributed by atoms with van der Waals surface area (Å²) in [6.45, 7) is 0.431. The highest BCUT2D eigenvalue weighted by Gasteiger charge is 2.23. The summed E-state index contributed by atoms with van der Waals surface area (Å²) in [5, 5.41) is 11.8. The van der Waals surface area contributed by atoms with Gasteiger partial charge in [-0.25, -0.2) is 0 Å². The third-order valence-electron chi connectivity index (χ3n) is 4.91. The van der Waals surface area contributed by atoms with Gasteiger partial charge in [0.1, 0.15) is 18.5 Å². The van der Waals surface area contributed by atoms with Crippen molar-refractivity contribution in [2.45, 2.75) is 12.5 Å². The summed E-state index contributed by atoms with van der Waals surface area (Å²) in [4.78, 5) is 15.4. The number of benzene rings is 3. The van der Waals surface area contributed by atoms with E-state index < -0.39 is 0 Å². The summed E-state index contributed by atoms with van der Waals surface area (Å²) < 4.78 is 12.0. The summed E-state index contributed by atoms with van der Waals surface area (Å²) in [5.74, 6) is 1.47. The third-order valence-corrected chi connectivity index (χ3v) is 4.91. The maximum Gasteiger partial charge on any atom is 0.256 e. The molecule has 0 spiro atoms. The van der Waals surface area contributed by atoms with Crippen LogP contribution in [0.1, 0.15) is 5.56 Å². The molecule has 134 valence electrons. The zero-order valence-electron chi connectivity index (χ0n) is 14.4. The molecule has 0 amide bonds. The molecule has 0 saturated carbocycles. The topological polar surface area (TPSA) is 71.6 Å². The normalized spacial score (nSPS) is 15.9. The molecule has 0 radical (unpaired) electrons. The lowest BCUT2D eigenvalue weighted by molar-refractivity contribution is 0.0916. The van der Waals surface area contributed by atoms with Crippen molar-refractivity contribution in [3.05, 3.63) is 76.6 Å². The van der Waals surface area contributed by atoms with Crippen molar-refractivity contribution in [3.8, 4) is 17.2 Å². The van der Waals surface area contributed by atoms with Crippen LogP contribution in [-0.2, 0) is 6.42 Å². The first-order valence-corrected chi connectivity index (χ1v) is 8.83. The molecule has 5 nitrogen and oxygen atoms in total. The molecule has 0 unspecified atom stereocenters. The van der Waals surface area contributed by atoms with E-state index in [0.29, 0.717) is 29.9 Å². The number of hydrogen-bond acceptors (Lipinski definition) is 4. The number of phenols is 1. The van der Waals surface area contributed by atoms with Crippen molar-refractivity contribution in [3.63, 3.8) is 0 Å². The minimum absolute atomic E-state index is 0.143. The predicted molar refractivity (Wildman–Crippen MR) is 104 cm³/mol. The number of H-pyrrole nitrogens is 1. The lowest BCUT2D eigenvalue weighted by Gasteiger charge is -2.27. The van der Waals surface area contributed by atoms with Crippen LogP contribution in [0.3, 0.4) is 0 Å². The molecule has 4 aromatic rings. The average Bonchev–Trinajstić information content (AvgIpc) is 2.69. The van der Waals surface area contributed by atoms with Gasteiger partial charge in [-0.3, -0.25) is 4.79 Å². The number of aromatic amines is 1. The Morgan fingerprint density at radius 1 is 0.963 bits per heavy atom. The van der Waals surface area contributed by atoms with Crippen molar-refractivity contribution in [2.24, 2.45) is 0 Å². The molecule has 1 aliphatic rings. The van der Waals surface area contributed by atoms with E-state index in [-0.39, 0.29) is 17.4 Å². The zero-order chi connectivity index (χ0) is 18.4. The number of phenolic OH excluding ortho intramolecular Hbond substituents is 1. The van der Waals surface area contributed by atoms with Gasteiger partial charge in [-0.2, -0.15) is 0 Å². The Labute approximate surface area is 154 Å². The van der Waals surface area contributed by atoms with E-state index in [0.717, 1.165) is 21.9 Å². The molecule has 5 rings (SSSR count). The molecule has 27 heavy (non-hydrogen) atoms. The molecule has 0 aliphatic carbocycles. The van der Waals surface area contributed by atoms with Crippen LogP contribution < -0.4 is 15.0 Å². The van der Waals surface area contributed by atoms with Crippen LogP contribution in [0.2, 0.25) is 0 Å². The molecule has 0 saturated heterocycles. The Balaban J connectivity index is 1.53. The second-order valence-corrected chi connectivity index (χ2v) is 6.77. The van der Waals surface area contributed by atoms with Gasteiger partial charge in [0.2, 0.25) is 0 Å². The minimum Gasteiger partial charge on any atom is -0.508 e. The van der Waals surface area contributed by atoms with Gasteiger partial charge in [0, 0.05) is 22.7 Å². The second kappa shape index (κ2) is 6.06. The molecule has 1 aliphatic heterocycles. The molecule has 5 heteroatoms. The van der Waals surface area contributed by atoms with Gasteiger partial charge in [-0.05, 0) is 35.9 Å². The number of aromatic nitrogens is 1. The van der Waals surface area contributed by atoms with Gasteiger partial charge in [0.15, 0.2) is 11.5 Å². The molecule has 1 atom stereocenters. The predicted octanol–water partition coefficient (Wildman–Crippen LogP) is 3.77. The van der Waals surface area contributed by atoms with Crippen LogP contribution in [0.5, 0.6) is 17.2 Å². The molecule has 0 fully saturated rings. The van der Waals surface area contributed by atoms with Crippen molar-refractivity contribution < 1.29 is 14.6 Å². The third kappa shape index (κ3) is 2.77. The first-order chi connectivity index (χ1) is 13.2. The Bertz CT molecular complexity index is 1210. The van der Waals surface area contributed by atoms with E-state index in [9.17, 15) is 9.90 Å². The average molecular weight is 359 g/mol. The summed E-state index contributed by atoms with van der Waals surface area (Å²) in [6, 6.07) is 18.4. The molecule has 2 N–H and O–H groups in total. The van der Waals surface area contributed by atoms with Crippen molar-refractivity contribution in [2.75, 3.05) is 6.61 Å². The van der Waals surface area contributed by atoms with Crippen molar-refractivity contribution in [1.82, 2.24) is 4.98 Å². The number of rotatable bonds is 2. The SMILES string of the molecule is O=c1[nH]c2ccccc2c2cc3c(cc12)O[C@@H](Cc1ccc(O)cc1)CO3. The molecule has 2 heterocycles. The van der Waals surface area contributed by atoms with Crippen LogP contribution in [0.4, 0.5) is 0 Å². The van der Waals surface area contributed by atoms with E-state index in [1.54, 1.807) is 18.2 Å². The van der Waals surface area contributed by atoms with E-state index in [2.05, 4.69) is 4.98 Å². The molecule has 1 aromatic heterocycles. The van der Waals surface area contributed by atoms with Gasteiger partial charge in [0.05, 0.1) is 5.39 Å². The second-order valence-electron chi connectivity index (χ2n) is 6.77. The van der Waals surface area contributed by atoms with E-state index in [4.69, 9.17) is 9.47 Å². The van der Waals surface area contributed by atoms with Gasteiger partial charge < -0.3 is 19.6 Å². The van der Waals surface area contributed by atoms with Gasteiger partial charge in [-0.1, -0.05) is 30.3 Å². The van der Waals surface area contributed by atoms with E-state index in [1.165, 1.54) is 0 Å². The molecule has 0 bridgehead atoms. The van der Waals surface area contributed by atoms with Crippen LogP contribution >= 0.6 is 0 Å². The fourth-order valence-electron chi connectivity index (χ4n) is 3.58. The lowest BCUT2D eigenvalue weighted by atomic mass is 10.0. The molecular formula is C22H17NO4. The highest BCUT2D eigenvalue weighted by atomic mass is 16.6. The van der Waals surface area contributed by atoms with Crippen LogP contribution in [0.15, 0.2) is 65.5 Å². The molecular weight excluding hydrogens is 342 g/mol. The standard InChI is InChI=1S/C22H17NO4/c24-14-7-5-13(6-8-14)9-15-12-26-20-10-17-16-3-1-2-4-19(16)23-22(25)18(17)11-21(20)27-15/h1-8,10-11,15,24H,9,12H2,(H,23,25)/t15-/m0/s1. The van der Waals surface area contributed by atoms with E-state index >= 15 is 0 Å². The maximum absolute atomic E-state index is 12.5. The number of hydrogen-bond donors (Lipinski definition) is 2. The maximum atomic E-state index is 12.5. The smallest absolute Gasteiger partial charge is 0.256 e. The quantitative estimate of drug-likeness (QED) is 0.535. The fraction of sp³-hybridized carbons (Fsp3) is 0.136. The number of pyridine rings is 1. The van der Waals surface area contributed by atoms with Gasteiger partial charge in [0.25, 0.3) is 5.56 Å². The number of nitrogens with one attached hydrogen (secondary N) is 1. The largest absolute Gasteiger partial charge is 0.508 e. The summed E-state index contributed by atoms with van der Waals surface area (Å²) in [7, 11) is 0. The number of para-hydroxylation sites is 1. The highest BCUT2D eigenvalue weighted by molar-refractivity contribution is 6.06. The van der Waals surface area contributed by atoms with E-state index in [1.807, 2.05) is 42.5 Å². The number of fused-ring (bicyclic) bond motifs is 4. The number of aromatic hydroxyl groups is 1. The Kier molecular flexibility index (Phi) is 3.53. The minimum atomic E-state index is -0.154. The Morgan fingerprint density at radius 3 is 2.59 bits per heavy atom. The summed E-state index contributed by atoms with van der Waals surface area (Å²) in [5.41, 5.74) is 1.71. The van der Waals surface area contributed by atoms with Crippen LogP contribution in [0.25, 0.3) is 21.7 Å². The Morgan fingerprint density at radius 2 is 1.74 bits per heavy atom. The monoisotopic (exact) mass is 359 g/mol. The zero-order valence-corrected chi connectivity index (χ0v) is 14.4. The first-order valence-electron chi connectivity index (χ1n) is 8.83. The van der Waals surface area contributed by atoms with Crippen LogP contribution in [-0.4, -0.2) is 22.8 Å². The number of ether oxygens (including phenoxy) is 2. The Hall–Kier alpha value is -3.47. The summed E-state index contributed by atoms with van der Waals surface area (Å²) >= 11 is 0. The highest BCUT2D eigenvalue weighted by Crippen LogP contribution is 2.37. The van der Waals surface area contributed by atoms with Crippen molar-refractivity contribution in [1.29, 1.82) is 0 Å². The van der Waals surface area contributed by atoms with Crippen LogP contribution in [0, 0.1) is 0 Å². The van der Waals surface area contributed by atoms with Crippen molar-refractivity contribution >= 4 is 21.7 Å². The van der Waals surface area contributed by atoms with Gasteiger partial charge in [-0.15, -0.1) is 0 Å². The molecule has 3 aromatic carbocycles. The summed E-state index contributed by atoms with van der Waals surface area (Å²) in [6.07, 6.45) is 0.505. The van der Waals surface area contributed by atoms with Gasteiger partial charge >= 0.3 is 0 Å². The first kappa shape index (κ1) is 15.8.